The van der Waals surface area contributed by atoms with Gasteiger partial charge in [0.1, 0.15) is 5.78 Å². The molecule has 2 fully saturated rings. The van der Waals surface area contributed by atoms with Crippen molar-refractivity contribution in [3.8, 4) is 11.1 Å². The van der Waals surface area contributed by atoms with Gasteiger partial charge in [-0.15, -0.1) is 0 Å². The number of carbonyl (C=O) groups is 2. The van der Waals surface area contributed by atoms with Gasteiger partial charge in [0.15, 0.2) is 0 Å². The van der Waals surface area contributed by atoms with Crippen molar-refractivity contribution in [2.45, 2.75) is 51.0 Å². The first-order valence-electron chi connectivity index (χ1n) is 11.5. The van der Waals surface area contributed by atoms with Crippen molar-refractivity contribution < 1.29 is 9.59 Å². The summed E-state index contributed by atoms with van der Waals surface area (Å²) >= 11 is 6.47. The van der Waals surface area contributed by atoms with Crippen molar-refractivity contribution in [2.75, 3.05) is 25.0 Å². The number of pyridine rings is 1. The lowest BCUT2D eigenvalue weighted by Gasteiger charge is -2.25. The van der Waals surface area contributed by atoms with E-state index >= 15 is 0 Å². The molecule has 6 nitrogen and oxygen atoms in total. The molecule has 4 rings (SSSR count). The molecule has 1 aromatic heterocycles. The predicted molar refractivity (Wildman–Crippen MR) is 128 cm³/mol. The predicted octanol–water partition coefficient (Wildman–Crippen LogP) is 4.07. The standard InChI is InChI=1S/C25H31ClN4O2/c26-23-16-29-21(15-24(31)18-5-1-6-19(27)12-18)14-22(23)17-4-2-7-20(13-17)28-9-11-30-10-3-8-25(30)32/h2,4,7,13-14,16,18-19,28H,1,3,5-6,8-12,15,27H2/t18-,19+/m0/s1. The summed E-state index contributed by atoms with van der Waals surface area (Å²) in [5, 5.41) is 3.95. The van der Waals surface area contributed by atoms with Crippen LogP contribution in [0.25, 0.3) is 11.1 Å². The average Bonchev–Trinajstić information content (AvgIpc) is 3.20. The Hall–Kier alpha value is -2.44. The summed E-state index contributed by atoms with van der Waals surface area (Å²) in [7, 11) is 0. The van der Waals surface area contributed by atoms with Crippen LogP contribution in [0.2, 0.25) is 5.02 Å². The second kappa shape index (κ2) is 10.5. The van der Waals surface area contributed by atoms with Gasteiger partial charge in [0.05, 0.1) is 5.02 Å². The minimum atomic E-state index is 0.0368. The van der Waals surface area contributed by atoms with Gasteiger partial charge in [-0.1, -0.05) is 30.2 Å². The van der Waals surface area contributed by atoms with E-state index in [1.165, 1.54) is 0 Å². The van der Waals surface area contributed by atoms with E-state index in [4.69, 9.17) is 17.3 Å². The molecule has 0 unspecified atom stereocenters. The Bertz CT molecular complexity index is 980. The zero-order chi connectivity index (χ0) is 22.5. The Morgan fingerprint density at radius 2 is 2.12 bits per heavy atom. The highest BCUT2D eigenvalue weighted by atomic mass is 35.5. The second-order valence-electron chi connectivity index (χ2n) is 8.91. The van der Waals surface area contributed by atoms with Gasteiger partial charge in [0, 0.05) is 67.6 Å². The molecule has 0 bridgehead atoms. The molecule has 1 saturated heterocycles. The lowest BCUT2D eigenvalue weighted by Crippen LogP contribution is -2.32. The lowest BCUT2D eigenvalue weighted by atomic mass is 9.82. The van der Waals surface area contributed by atoms with Crippen LogP contribution in [-0.2, 0) is 16.0 Å². The Kier molecular flexibility index (Phi) is 7.43. The van der Waals surface area contributed by atoms with Crippen molar-refractivity contribution in [1.29, 1.82) is 0 Å². The molecule has 2 aromatic rings. The Morgan fingerprint density at radius 3 is 2.91 bits per heavy atom. The Labute approximate surface area is 194 Å². The number of nitrogens with two attached hydrogens (primary N) is 1. The number of hydrogen-bond acceptors (Lipinski definition) is 5. The highest BCUT2D eigenvalue weighted by molar-refractivity contribution is 6.33. The van der Waals surface area contributed by atoms with Gasteiger partial charge in [-0.3, -0.25) is 14.6 Å². The number of hydrogen-bond donors (Lipinski definition) is 2. The molecule has 1 aliphatic carbocycles. The number of anilines is 1. The number of nitrogens with one attached hydrogen (secondary N) is 1. The number of carbonyl (C=O) groups excluding carboxylic acids is 2. The normalized spacial score (nSPS) is 21.1. The topological polar surface area (TPSA) is 88.3 Å². The van der Waals surface area contributed by atoms with E-state index in [-0.39, 0.29) is 23.7 Å². The number of rotatable bonds is 8. The van der Waals surface area contributed by atoms with E-state index in [1.54, 1.807) is 6.20 Å². The number of likely N-dealkylation sites (tertiary alicyclic amines) is 1. The average molecular weight is 455 g/mol. The fraction of sp³-hybridized carbons (Fsp3) is 0.480. The molecule has 3 N–H and O–H groups in total. The summed E-state index contributed by atoms with van der Waals surface area (Å²) in [5.41, 5.74) is 9.59. The van der Waals surface area contributed by atoms with Gasteiger partial charge < -0.3 is 16.0 Å². The van der Waals surface area contributed by atoms with Gasteiger partial charge in [0.2, 0.25) is 5.91 Å². The first-order chi connectivity index (χ1) is 15.5. The molecular weight excluding hydrogens is 424 g/mol. The number of aromatic nitrogens is 1. The highest BCUT2D eigenvalue weighted by Gasteiger charge is 2.25. The second-order valence-corrected chi connectivity index (χ2v) is 9.32. The zero-order valence-electron chi connectivity index (χ0n) is 18.4. The first kappa shape index (κ1) is 22.7. The van der Waals surface area contributed by atoms with Gasteiger partial charge >= 0.3 is 0 Å². The van der Waals surface area contributed by atoms with Gasteiger partial charge in [-0.2, -0.15) is 0 Å². The minimum absolute atomic E-state index is 0.0368. The SMILES string of the molecule is N[C@@H]1CCC[C@H](C(=O)Cc2cc(-c3cccc(NCCN4CCCC4=O)c3)c(Cl)cn2)C1. The molecule has 0 spiro atoms. The van der Waals surface area contributed by atoms with Crippen LogP contribution in [-0.4, -0.2) is 47.3 Å². The number of halogens is 1. The van der Waals surface area contributed by atoms with E-state index in [0.29, 0.717) is 31.0 Å². The summed E-state index contributed by atoms with van der Waals surface area (Å²) in [5.74, 6) is 0.490. The van der Waals surface area contributed by atoms with Crippen LogP contribution in [0.3, 0.4) is 0 Å². The van der Waals surface area contributed by atoms with E-state index in [1.807, 2.05) is 35.2 Å². The van der Waals surface area contributed by atoms with Gasteiger partial charge in [-0.25, -0.2) is 0 Å². The maximum absolute atomic E-state index is 12.8. The van der Waals surface area contributed by atoms with Crippen molar-refractivity contribution >= 4 is 29.0 Å². The molecule has 2 aliphatic rings. The largest absolute Gasteiger partial charge is 0.383 e. The number of benzene rings is 1. The van der Waals surface area contributed by atoms with Crippen LogP contribution in [0, 0.1) is 5.92 Å². The van der Waals surface area contributed by atoms with E-state index in [9.17, 15) is 9.59 Å². The summed E-state index contributed by atoms with van der Waals surface area (Å²) in [6.45, 7) is 2.25. The lowest BCUT2D eigenvalue weighted by molar-refractivity contribution is -0.127. The van der Waals surface area contributed by atoms with Crippen molar-refractivity contribution in [2.24, 2.45) is 11.7 Å². The van der Waals surface area contributed by atoms with Crippen molar-refractivity contribution in [3.05, 3.63) is 47.2 Å². The van der Waals surface area contributed by atoms with Crippen molar-refractivity contribution in [1.82, 2.24) is 9.88 Å². The minimum Gasteiger partial charge on any atom is -0.383 e. The smallest absolute Gasteiger partial charge is 0.222 e. The monoisotopic (exact) mass is 454 g/mol. The molecule has 1 amide bonds. The highest BCUT2D eigenvalue weighted by Crippen LogP contribution is 2.31. The summed E-state index contributed by atoms with van der Waals surface area (Å²) in [6, 6.07) is 10.1. The van der Waals surface area contributed by atoms with Crippen LogP contribution in [0.15, 0.2) is 36.5 Å². The van der Waals surface area contributed by atoms with Crippen LogP contribution in [0.4, 0.5) is 5.69 Å². The van der Waals surface area contributed by atoms with Crippen LogP contribution >= 0.6 is 11.6 Å². The quantitative estimate of drug-likeness (QED) is 0.627. The van der Waals surface area contributed by atoms with E-state index in [0.717, 1.165) is 61.2 Å². The third-order valence-electron chi connectivity index (χ3n) is 6.49. The number of amides is 1. The van der Waals surface area contributed by atoms with Gasteiger partial charge in [-0.05, 0) is 49.4 Å². The molecule has 1 aromatic carbocycles. The Balaban J connectivity index is 1.42. The maximum atomic E-state index is 12.8. The molecule has 2 heterocycles. The summed E-state index contributed by atoms with van der Waals surface area (Å²) < 4.78 is 0. The van der Waals surface area contributed by atoms with Gasteiger partial charge in [0.25, 0.3) is 0 Å². The fourth-order valence-electron chi connectivity index (χ4n) is 4.72. The third-order valence-corrected chi connectivity index (χ3v) is 6.79. The summed E-state index contributed by atoms with van der Waals surface area (Å²) in [6.07, 6.45) is 7.27. The fourth-order valence-corrected chi connectivity index (χ4v) is 4.93. The molecule has 170 valence electrons. The molecule has 2 atom stereocenters. The maximum Gasteiger partial charge on any atom is 0.222 e. The number of ketones is 1. The Morgan fingerprint density at radius 1 is 1.25 bits per heavy atom. The molecule has 1 aliphatic heterocycles. The molecule has 0 radical (unpaired) electrons. The van der Waals surface area contributed by atoms with E-state index < -0.39 is 0 Å². The summed E-state index contributed by atoms with van der Waals surface area (Å²) in [4.78, 5) is 30.9. The van der Waals surface area contributed by atoms with Crippen LogP contribution in [0.5, 0.6) is 0 Å². The van der Waals surface area contributed by atoms with E-state index in [2.05, 4.69) is 10.3 Å². The van der Waals surface area contributed by atoms with Crippen LogP contribution in [0.1, 0.15) is 44.2 Å². The molecule has 1 saturated carbocycles. The zero-order valence-corrected chi connectivity index (χ0v) is 19.1. The number of Topliss-reactive ketones (excluding diaryl/α,β-unsaturated/α-hetero) is 1. The molecule has 32 heavy (non-hydrogen) atoms. The third kappa shape index (κ3) is 5.67. The molecule has 7 heteroatoms. The first-order valence-corrected chi connectivity index (χ1v) is 11.9. The number of nitrogens with zero attached hydrogens (tertiary/aromatic N) is 2. The van der Waals surface area contributed by atoms with Crippen molar-refractivity contribution in [3.63, 3.8) is 0 Å². The van der Waals surface area contributed by atoms with Crippen LogP contribution < -0.4 is 11.1 Å². The molecular formula is C25H31ClN4O2.